The average Bonchev–Trinajstić information content (AvgIpc) is 3.24. The molecule has 4 N–H and O–H groups in total. The normalized spacial score (nSPS) is 17.1. The van der Waals surface area contributed by atoms with Crippen LogP contribution in [-0.4, -0.2) is 53.6 Å². The third-order valence-electron chi connectivity index (χ3n) is 5.26. The van der Waals surface area contributed by atoms with Crippen LogP contribution in [0, 0.1) is 0 Å². The van der Waals surface area contributed by atoms with Crippen LogP contribution in [0.4, 0.5) is 0 Å². The second-order valence-electron chi connectivity index (χ2n) is 7.42. The summed E-state index contributed by atoms with van der Waals surface area (Å²) in [4.78, 5) is 33.9. The molecule has 0 unspecified atom stereocenters. The third kappa shape index (κ3) is 3.00. The molecule has 2 heterocycles. The quantitative estimate of drug-likeness (QED) is 0.705. The number of allylic oxidation sites excluding steroid dienone is 4. The molecule has 144 valence electrons. The minimum atomic E-state index is -0.0155. The van der Waals surface area contributed by atoms with Gasteiger partial charge in [-0.2, -0.15) is 0 Å². The molecule has 0 spiro atoms. The fourth-order valence-corrected chi connectivity index (χ4v) is 3.94. The summed E-state index contributed by atoms with van der Waals surface area (Å²) in [6, 6.07) is 0. The van der Waals surface area contributed by atoms with Crippen LogP contribution in [0.25, 0.3) is 11.6 Å². The Morgan fingerprint density at radius 3 is 2.57 bits per heavy atom. The Morgan fingerprint density at radius 2 is 1.82 bits per heavy atom. The zero-order valence-electron chi connectivity index (χ0n) is 16.1. The molecule has 0 saturated heterocycles. The maximum atomic E-state index is 12.6. The molecule has 2 aromatic heterocycles. The number of rotatable bonds is 5. The molecule has 0 bridgehead atoms. The predicted octanol–water partition coefficient (Wildman–Crippen LogP) is 0.433. The predicted molar refractivity (Wildman–Crippen MR) is 110 cm³/mol. The van der Waals surface area contributed by atoms with Crippen molar-refractivity contribution in [2.45, 2.75) is 12.8 Å². The number of hydrogen-bond acceptors (Lipinski definition) is 4. The Balaban J connectivity index is 1.94. The van der Waals surface area contributed by atoms with Crippen molar-refractivity contribution in [2.75, 3.05) is 27.2 Å². The van der Waals surface area contributed by atoms with E-state index in [9.17, 15) is 9.59 Å². The van der Waals surface area contributed by atoms with Gasteiger partial charge in [0.05, 0.1) is 27.5 Å². The van der Waals surface area contributed by atoms with Gasteiger partial charge in [-0.15, -0.1) is 0 Å². The minimum absolute atomic E-state index is 0.00903. The molecule has 28 heavy (non-hydrogen) atoms. The van der Waals surface area contributed by atoms with Gasteiger partial charge in [-0.1, -0.05) is 6.08 Å². The standard InChI is InChI=1S/C22H24N4O2/c1-26(2)11-9-13-12-24-22-15(6-7-18(28)19(13)22)21-14(8-10-23)20-16(25-21)4-3-5-17(20)27/h3-7,12,24-25H,8-11,23H2,1-2H3. The highest BCUT2D eigenvalue weighted by Crippen LogP contribution is 2.27. The van der Waals surface area contributed by atoms with Crippen LogP contribution in [-0.2, 0) is 12.8 Å². The Morgan fingerprint density at radius 1 is 1.04 bits per heavy atom. The average molecular weight is 376 g/mol. The summed E-state index contributed by atoms with van der Waals surface area (Å²) in [5.41, 5.74) is 10.9. The lowest BCUT2D eigenvalue weighted by atomic mass is 9.92. The number of aromatic nitrogens is 2. The Kier molecular flexibility index (Phi) is 4.75. The third-order valence-corrected chi connectivity index (χ3v) is 5.26. The van der Waals surface area contributed by atoms with Gasteiger partial charge in [0.2, 0.25) is 0 Å². The first-order chi connectivity index (χ1) is 13.5. The van der Waals surface area contributed by atoms with Gasteiger partial charge >= 0.3 is 0 Å². The van der Waals surface area contributed by atoms with Crippen molar-refractivity contribution in [3.05, 3.63) is 69.1 Å². The largest absolute Gasteiger partial charge is 0.360 e. The lowest BCUT2D eigenvalue weighted by Crippen LogP contribution is -2.21. The molecule has 0 atom stereocenters. The molecule has 2 aromatic rings. The summed E-state index contributed by atoms with van der Waals surface area (Å²) < 4.78 is 0. The second-order valence-corrected chi connectivity index (χ2v) is 7.42. The summed E-state index contributed by atoms with van der Waals surface area (Å²) in [6.45, 7) is 1.30. The fraction of sp³-hybridized carbons (Fsp3) is 0.273. The summed E-state index contributed by atoms with van der Waals surface area (Å²) in [7, 11) is 4.03. The van der Waals surface area contributed by atoms with Gasteiger partial charge in [-0.05, 0) is 68.9 Å². The molecule has 6 heteroatoms. The number of hydrogen-bond donors (Lipinski definition) is 3. The molecule has 2 aliphatic carbocycles. The van der Waals surface area contributed by atoms with Gasteiger partial charge in [-0.25, -0.2) is 0 Å². The zero-order valence-corrected chi connectivity index (χ0v) is 16.1. The maximum absolute atomic E-state index is 12.6. The molecule has 0 radical (unpaired) electrons. The van der Waals surface area contributed by atoms with Crippen LogP contribution in [0.3, 0.4) is 0 Å². The number of nitrogens with one attached hydrogen (secondary N) is 2. The second kappa shape index (κ2) is 7.22. The summed E-state index contributed by atoms with van der Waals surface area (Å²) in [5, 5.41) is 1.65. The van der Waals surface area contributed by atoms with E-state index < -0.39 is 0 Å². The number of aromatic amines is 2. The van der Waals surface area contributed by atoms with Crippen molar-refractivity contribution in [1.29, 1.82) is 0 Å². The molecule has 2 aliphatic rings. The van der Waals surface area contributed by atoms with E-state index in [1.54, 1.807) is 18.2 Å². The molecule has 4 rings (SSSR count). The van der Waals surface area contributed by atoms with Gasteiger partial charge < -0.3 is 20.6 Å². The van der Waals surface area contributed by atoms with Crippen LogP contribution in [0.1, 0.15) is 37.5 Å². The van der Waals surface area contributed by atoms with E-state index in [1.807, 2.05) is 32.4 Å². The zero-order chi connectivity index (χ0) is 19.8. The van der Waals surface area contributed by atoms with Gasteiger partial charge in [-0.3, -0.25) is 9.59 Å². The first kappa shape index (κ1) is 18.4. The van der Waals surface area contributed by atoms with Gasteiger partial charge in [0.1, 0.15) is 0 Å². The lowest BCUT2D eigenvalue weighted by Gasteiger charge is -2.13. The molecule has 0 aromatic carbocycles. The van der Waals surface area contributed by atoms with Crippen molar-refractivity contribution >= 4 is 23.2 Å². The number of nitrogens with two attached hydrogens (primary N) is 1. The lowest BCUT2D eigenvalue weighted by molar-refractivity contribution is 0.103. The highest BCUT2D eigenvalue weighted by molar-refractivity contribution is 6.13. The van der Waals surface area contributed by atoms with Crippen LogP contribution in [0.5, 0.6) is 0 Å². The smallest absolute Gasteiger partial charge is 0.188 e. The molecule has 0 amide bonds. The first-order valence-corrected chi connectivity index (χ1v) is 9.47. The van der Waals surface area contributed by atoms with Crippen molar-refractivity contribution < 1.29 is 9.59 Å². The van der Waals surface area contributed by atoms with Crippen LogP contribution < -0.4 is 16.4 Å². The fourth-order valence-electron chi connectivity index (χ4n) is 3.94. The summed E-state index contributed by atoms with van der Waals surface area (Å²) >= 11 is 0. The van der Waals surface area contributed by atoms with Crippen LogP contribution >= 0.6 is 0 Å². The van der Waals surface area contributed by atoms with Crippen molar-refractivity contribution in [3.63, 3.8) is 0 Å². The number of nitrogens with zero attached hydrogens (tertiary/aromatic N) is 1. The van der Waals surface area contributed by atoms with E-state index in [4.69, 9.17) is 5.73 Å². The SMILES string of the molecule is CN(C)CCc1c[nH]c2c1C(=O)C=CC2=c1[nH]c2c(c1CCN)C(=O)C=CC=2. The molecular weight excluding hydrogens is 352 g/mol. The van der Waals surface area contributed by atoms with E-state index in [0.717, 1.165) is 51.6 Å². The van der Waals surface area contributed by atoms with Gasteiger partial charge in [0.25, 0.3) is 0 Å². The monoisotopic (exact) mass is 376 g/mol. The number of likely N-dealkylation sites (N-methyl/N-ethyl adjacent to an activating group) is 1. The highest BCUT2D eigenvalue weighted by Gasteiger charge is 2.25. The highest BCUT2D eigenvalue weighted by atomic mass is 16.1. The minimum Gasteiger partial charge on any atom is -0.360 e. The van der Waals surface area contributed by atoms with E-state index in [-0.39, 0.29) is 11.6 Å². The van der Waals surface area contributed by atoms with E-state index >= 15 is 0 Å². The van der Waals surface area contributed by atoms with E-state index in [1.165, 1.54) is 0 Å². The summed E-state index contributed by atoms with van der Waals surface area (Å²) in [6.07, 6.45) is 12.0. The Hall–Kier alpha value is -2.96. The number of carbonyl (C=O) groups excluding carboxylic acids is 2. The van der Waals surface area contributed by atoms with E-state index in [2.05, 4.69) is 14.9 Å². The van der Waals surface area contributed by atoms with Crippen LogP contribution in [0.2, 0.25) is 0 Å². The van der Waals surface area contributed by atoms with Gasteiger partial charge in [0, 0.05) is 18.3 Å². The number of ketones is 2. The van der Waals surface area contributed by atoms with Crippen molar-refractivity contribution in [2.24, 2.45) is 5.73 Å². The number of carbonyl (C=O) groups is 2. The molecule has 0 fully saturated rings. The van der Waals surface area contributed by atoms with E-state index in [0.29, 0.717) is 18.5 Å². The number of H-pyrrole nitrogens is 2. The van der Waals surface area contributed by atoms with Gasteiger partial charge in [0.15, 0.2) is 11.6 Å². The van der Waals surface area contributed by atoms with Crippen molar-refractivity contribution in [1.82, 2.24) is 14.9 Å². The number of fused-ring (bicyclic) bond motifs is 2. The molecule has 0 saturated carbocycles. The van der Waals surface area contributed by atoms with Crippen molar-refractivity contribution in [3.8, 4) is 0 Å². The molecule has 0 aliphatic heterocycles. The van der Waals surface area contributed by atoms with Crippen LogP contribution in [0.15, 0.2) is 30.5 Å². The topological polar surface area (TPSA) is 95.0 Å². The Bertz CT molecular complexity index is 1140. The molecule has 6 nitrogen and oxygen atoms in total. The maximum Gasteiger partial charge on any atom is 0.188 e. The Labute approximate surface area is 163 Å². The summed E-state index contributed by atoms with van der Waals surface area (Å²) in [5.74, 6) is -0.00643. The molecular formula is C22H24N4O2. The first-order valence-electron chi connectivity index (χ1n) is 9.47.